The van der Waals surface area contributed by atoms with E-state index < -0.39 is 5.92 Å². The molecule has 1 aliphatic rings. The molecule has 0 saturated carbocycles. The fraction of sp³-hybridized carbons (Fsp3) is 0.643. The molecule has 0 radical (unpaired) electrons. The Hall–Kier alpha value is -1.85. The van der Waals surface area contributed by atoms with Gasteiger partial charge in [0.05, 0.1) is 7.11 Å². The number of rotatable bonds is 4. The number of hydrogen-bond acceptors (Lipinski definition) is 6. The van der Waals surface area contributed by atoms with Gasteiger partial charge in [0, 0.05) is 32.0 Å². The van der Waals surface area contributed by atoms with Crippen LogP contribution in [0, 0.1) is 5.92 Å². The molecule has 6 nitrogen and oxygen atoms in total. The monoisotopic (exact) mass is 280 g/mol. The molecule has 1 fully saturated rings. The van der Waals surface area contributed by atoms with Gasteiger partial charge in [-0.2, -0.15) is 0 Å². The molecule has 6 heteroatoms. The van der Waals surface area contributed by atoms with Gasteiger partial charge in [-0.15, -0.1) is 0 Å². The summed E-state index contributed by atoms with van der Waals surface area (Å²) in [6, 6.07) is 1.78. The molecule has 20 heavy (non-hydrogen) atoms. The molecule has 110 valence electrons. The third kappa shape index (κ3) is 3.00. The van der Waals surface area contributed by atoms with Crippen LogP contribution in [0.4, 0.5) is 5.82 Å². The number of ketones is 1. The molecule has 0 aliphatic carbocycles. The highest BCUT2D eigenvalue weighted by molar-refractivity contribution is 5.81. The fourth-order valence-electron chi connectivity index (χ4n) is 2.40. The zero-order chi connectivity index (χ0) is 14.7. The van der Waals surface area contributed by atoms with E-state index >= 15 is 0 Å². The largest absolute Gasteiger partial charge is 0.468 e. The van der Waals surface area contributed by atoms with Gasteiger partial charge in [0.15, 0.2) is 11.6 Å². The second kappa shape index (κ2) is 6.07. The van der Waals surface area contributed by atoms with Gasteiger partial charge in [-0.25, -0.2) is 0 Å². The molecule has 1 unspecified atom stereocenters. The van der Waals surface area contributed by atoms with Crippen LogP contribution in [0.5, 0.6) is 0 Å². The van der Waals surface area contributed by atoms with E-state index in [-0.39, 0.29) is 17.7 Å². The van der Waals surface area contributed by atoms with E-state index in [1.165, 1.54) is 7.11 Å². The number of Topliss-reactive ketones (excluding diaryl/α,β-unsaturated/α-hetero) is 1. The lowest BCUT2D eigenvalue weighted by atomic mass is 9.93. The second-order valence-corrected chi connectivity index (χ2v) is 5.36. The summed E-state index contributed by atoms with van der Waals surface area (Å²) >= 11 is 0. The lowest BCUT2D eigenvalue weighted by Crippen LogP contribution is -2.33. The zero-order valence-electron chi connectivity index (χ0n) is 12.1. The van der Waals surface area contributed by atoms with Crippen molar-refractivity contribution in [1.82, 2.24) is 5.16 Å². The first-order valence-electron chi connectivity index (χ1n) is 6.84. The van der Waals surface area contributed by atoms with E-state index in [1.807, 2.05) is 18.7 Å². The molecule has 0 spiro atoms. The number of esters is 1. The van der Waals surface area contributed by atoms with Gasteiger partial charge in [0.2, 0.25) is 0 Å². The van der Waals surface area contributed by atoms with Crippen molar-refractivity contribution >= 4 is 17.6 Å². The average Bonchev–Trinajstić information content (AvgIpc) is 2.88. The topological polar surface area (TPSA) is 72.6 Å². The third-order valence-electron chi connectivity index (χ3n) is 3.59. The molecule has 1 atom stereocenters. The first-order chi connectivity index (χ1) is 9.52. The minimum Gasteiger partial charge on any atom is -0.468 e. The molecule has 1 saturated heterocycles. The fourth-order valence-corrected chi connectivity index (χ4v) is 2.40. The van der Waals surface area contributed by atoms with Crippen LogP contribution in [0.1, 0.15) is 38.4 Å². The van der Waals surface area contributed by atoms with Crippen molar-refractivity contribution in [2.45, 2.75) is 32.6 Å². The number of piperidine rings is 1. The lowest BCUT2D eigenvalue weighted by molar-refractivity contribution is -0.144. The van der Waals surface area contributed by atoms with Crippen LogP contribution in [0.25, 0.3) is 0 Å². The smallest absolute Gasteiger partial charge is 0.316 e. The van der Waals surface area contributed by atoms with E-state index in [0.717, 1.165) is 0 Å². The number of carbonyl (C=O) groups is 2. The highest BCUT2D eigenvalue weighted by Crippen LogP contribution is 2.29. The van der Waals surface area contributed by atoms with Crippen molar-refractivity contribution in [3.63, 3.8) is 0 Å². The van der Waals surface area contributed by atoms with Gasteiger partial charge in [-0.1, -0.05) is 19.0 Å². The third-order valence-corrected chi connectivity index (χ3v) is 3.59. The van der Waals surface area contributed by atoms with Crippen LogP contribution in [0.3, 0.4) is 0 Å². The number of methoxy groups -OCH3 is 1. The normalized spacial score (nSPS) is 17.4. The number of carbonyl (C=O) groups excluding carboxylic acids is 2. The van der Waals surface area contributed by atoms with Gasteiger partial charge >= 0.3 is 5.97 Å². The molecular formula is C14H20N2O4. The maximum absolute atomic E-state index is 11.8. The van der Waals surface area contributed by atoms with Crippen LogP contribution in [-0.4, -0.2) is 37.1 Å². The van der Waals surface area contributed by atoms with E-state index in [2.05, 4.69) is 5.16 Å². The van der Waals surface area contributed by atoms with Gasteiger partial charge in [0.25, 0.3) is 0 Å². The molecule has 1 aromatic heterocycles. The van der Waals surface area contributed by atoms with Crippen molar-refractivity contribution < 1.29 is 18.8 Å². The molecule has 0 N–H and O–H groups in total. The maximum atomic E-state index is 11.8. The van der Waals surface area contributed by atoms with Crippen LogP contribution in [0.15, 0.2) is 10.6 Å². The Labute approximate surface area is 118 Å². The van der Waals surface area contributed by atoms with Gasteiger partial charge in [0.1, 0.15) is 11.7 Å². The van der Waals surface area contributed by atoms with E-state index in [0.29, 0.717) is 37.5 Å². The Morgan fingerprint density at radius 3 is 2.60 bits per heavy atom. The Balaban J connectivity index is 2.14. The summed E-state index contributed by atoms with van der Waals surface area (Å²) in [7, 11) is 1.37. The summed E-state index contributed by atoms with van der Waals surface area (Å²) in [6.45, 7) is 5.16. The average molecular weight is 280 g/mol. The van der Waals surface area contributed by atoms with Crippen molar-refractivity contribution in [1.29, 1.82) is 0 Å². The van der Waals surface area contributed by atoms with Crippen LogP contribution in [0.2, 0.25) is 0 Å². The van der Waals surface area contributed by atoms with Crippen LogP contribution >= 0.6 is 0 Å². The Morgan fingerprint density at radius 2 is 2.05 bits per heavy atom. The number of anilines is 1. The van der Waals surface area contributed by atoms with E-state index in [9.17, 15) is 9.59 Å². The van der Waals surface area contributed by atoms with Gasteiger partial charge in [-0.3, -0.25) is 9.59 Å². The lowest BCUT2D eigenvalue weighted by Gasteiger charge is -2.24. The number of hydrogen-bond donors (Lipinski definition) is 0. The van der Waals surface area contributed by atoms with Crippen LogP contribution in [-0.2, 0) is 14.3 Å². The summed E-state index contributed by atoms with van der Waals surface area (Å²) < 4.78 is 10.1. The maximum Gasteiger partial charge on any atom is 0.316 e. The summed E-state index contributed by atoms with van der Waals surface area (Å²) in [6.07, 6.45) is 1.07. The van der Waals surface area contributed by atoms with Crippen molar-refractivity contribution in [3.8, 4) is 0 Å². The van der Waals surface area contributed by atoms with Crippen LogP contribution < -0.4 is 4.90 Å². The Kier molecular flexibility index (Phi) is 4.42. The number of ether oxygens (including phenoxy) is 1. The number of aromatic nitrogens is 1. The molecule has 0 bridgehead atoms. The first kappa shape index (κ1) is 14.6. The predicted molar refractivity (Wildman–Crippen MR) is 72.6 cm³/mol. The summed E-state index contributed by atoms with van der Waals surface area (Å²) in [5, 5.41) is 4.02. The standard InChI is InChI=1S/C14H20N2O4/c1-9(2)13(14(18)19-3)11-8-12(15-20-11)16-6-4-10(17)5-7-16/h8-9,13H,4-7H2,1-3H3. The summed E-state index contributed by atoms with van der Waals surface area (Å²) in [5.74, 6) is 0.760. The second-order valence-electron chi connectivity index (χ2n) is 5.36. The molecule has 1 aromatic rings. The van der Waals surface area contributed by atoms with Crippen molar-refractivity contribution in [2.75, 3.05) is 25.1 Å². The number of nitrogens with zero attached hydrogens (tertiary/aromatic N) is 2. The Bertz CT molecular complexity index is 485. The Morgan fingerprint density at radius 1 is 1.40 bits per heavy atom. The molecule has 2 rings (SSSR count). The van der Waals surface area contributed by atoms with Crippen molar-refractivity contribution in [3.05, 3.63) is 11.8 Å². The highest BCUT2D eigenvalue weighted by atomic mass is 16.5. The minimum absolute atomic E-state index is 0.0613. The van der Waals surface area contributed by atoms with E-state index in [4.69, 9.17) is 9.26 Å². The first-order valence-corrected chi connectivity index (χ1v) is 6.84. The molecule has 2 heterocycles. The van der Waals surface area contributed by atoms with Gasteiger partial charge in [-0.05, 0) is 5.92 Å². The molecule has 1 aliphatic heterocycles. The predicted octanol–water partition coefficient (Wildman–Crippen LogP) is 1.76. The summed E-state index contributed by atoms with van der Waals surface area (Å²) in [5.41, 5.74) is 0. The SMILES string of the molecule is COC(=O)C(c1cc(N2CCC(=O)CC2)no1)C(C)C. The zero-order valence-corrected chi connectivity index (χ0v) is 12.1. The van der Waals surface area contributed by atoms with Gasteiger partial charge < -0.3 is 14.2 Å². The molecule has 0 aromatic carbocycles. The van der Waals surface area contributed by atoms with Crippen molar-refractivity contribution in [2.24, 2.45) is 5.92 Å². The molecular weight excluding hydrogens is 260 g/mol. The van der Waals surface area contributed by atoms with E-state index in [1.54, 1.807) is 6.07 Å². The quantitative estimate of drug-likeness (QED) is 0.782. The molecule has 0 amide bonds. The summed E-state index contributed by atoms with van der Waals surface area (Å²) in [4.78, 5) is 25.1. The minimum atomic E-state index is -0.451. The highest BCUT2D eigenvalue weighted by Gasteiger charge is 2.30.